The Hall–Kier alpha value is -1.94. The highest BCUT2D eigenvalue weighted by molar-refractivity contribution is 7.47. The van der Waals surface area contributed by atoms with Gasteiger partial charge in [0.25, 0.3) is 0 Å². The van der Waals surface area contributed by atoms with E-state index in [2.05, 4.69) is 55.4 Å². The zero-order chi connectivity index (χ0) is 68.9. The van der Waals surface area contributed by atoms with E-state index in [9.17, 15) is 43.2 Å². The highest BCUT2D eigenvalue weighted by atomic mass is 31.2. The number of phosphoric ester groups is 2. The van der Waals surface area contributed by atoms with Crippen molar-refractivity contribution in [1.82, 2.24) is 0 Å². The maximum absolute atomic E-state index is 13.0. The van der Waals surface area contributed by atoms with Crippen LogP contribution in [0.15, 0.2) is 0 Å². The molecule has 0 aromatic carbocycles. The van der Waals surface area contributed by atoms with Crippen molar-refractivity contribution in [3.63, 3.8) is 0 Å². The lowest BCUT2D eigenvalue weighted by Crippen LogP contribution is -2.30. The Labute approximate surface area is 568 Å². The largest absolute Gasteiger partial charge is 0.472 e. The molecule has 93 heavy (non-hydrogen) atoms. The summed E-state index contributed by atoms with van der Waals surface area (Å²) in [5.41, 5.74) is 0. The lowest BCUT2D eigenvalue weighted by molar-refractivity contribution is -0.161. The molecule has 3 N–H and O–H groups in total. The van der Waals surface area contributed by atoms with Crippen molar-refractivity contribution in [1.29, 1.82) is 0 Å². The molecule has 19 heteroatoms. The molecule has 0 bridgehead atoms. The third-order valence-corrected chi connectivity index (χ3v) is 19.3. The first-order valence-corrected chi connectivity index (χ1v) is 41.2. The Bertz CT molecular complexity index is 1840. The summed E-state index contributed by atoms with van der Waals surface area (Å²) in [6.45, 7) is 14.1. The molecule has 6 atom stereocenters. The Morgan fingerprint density at radius 3 is 0.763 bits per heavy atom. The number of unbranched alkanes of at least 4 members (excludes halogenated alkanes) is 36. The summed E-state index contributed by atoms with van der Waals surface area (Å²) in [4.78, 5) is 72.6. The van der Waals surface area contributed by atoms with Crippen molar-refractivity contribution >= 4 is 39.5 Å². The molecule has 0 heterocycles. The molecule has 0 saturated heterocycles. The molecule has 4 unspecified atom stereocenters. The van der Waals surface area contributed by atoms with Gasteiger partial charge in [-0.25, -0.2) is 9.13 Å². The van der Waals surface area contributed by atoms with Crippen LogP contribution in [0.4, 0.5) is 0 Å². The van der Waals surface area contributed by atoms with Crippen molar-refractivity contribution in [3.05, 3.63) is 0 Å². The Morgan fingerprint density at radius 2 is 0.516 bits per heavy atom. The van der Waals surface area contributed by atoms with Gasteiger partial charge >= 0.3 is 39.5 Å². The van der Waals surface area contributed by atoms with E-state index in [1.807, 2.05) is 0 Å². The summed E-state index contributed by atoms with van der Waals surface area (Å²) in [6, 6.07) is 0. The molecule has 0 aromatic rings. The van der Waals surface area contributed by atoms with Crippen molar-refractivity contribution < 1.29 is 80.2 Å². The third-order valence-electron chi connectivity index (χ3n) is 17.4. The monoisotopic (exact) mass is 1370 g/mol. The van der Waals surface area contributed by atoms with E-state index in [0.717, 1.165) is 114 Å². The van der Waals surface area contributed by atoms with Crippen LogP contribution in [0.5, 0.6) is 0 Å². The number of aliphatic hydroxyl groups excluding tert-OH is 1. The second kappa shape index (κ2) is 63.5. The van der Waals surface area contributed by atoms with E-state index in [-0.39, 0.29) is 25.7 Å². The predicted octanol–water partition coefficient (Wildman–Crippen LogP) is 21.3. The molecule has 0 fully saturated rings. The molecular formula is C74H144O17P2. The lowest BCUT2D eigenvalue weighted by Gasteiger charge is -2.21. The minimum Gasteiger partial charge on any atom is -0.462 e. The highest BCUT2D eigenvalue weighted by Crippen LogP contribution is 2.45. The lowest BCUT2D eigenvalue weighted by atomic mass is 10.00. The summed E-state index contributed by atoms with van der Waals surface area (Å²) in [6.07, 6.45) is 47.4. The molecule has 0 saturated carbocycles. The van der Waals surface area contributed by atoms with E-state index in [1.54, 1.807) is 0 Å². The normalized spacial score (nSPS) is 14.5. The first-order chi connectivity index (χ1) is 44.6. The topological polar surface area (TPSA) is 237 Å². The van der Waals surface area contributed by atoms with Crippen LogP contribution in [0.2, 0.25) is 0 Å². The molecule has 0 aliphatic heterocycles. The first-order valence-electron chi connectivity index (χ1n) is 38.2. The van der Waals surface area contributed by atoms with Crippen molar-refractivity contribution in [2.24, 2.45) is 23.7 Å². The number of carbonyl (C=O) groups excluding carboxylic acids is 4. The summed E-state index contributed by atoms with van der Waals surface area (Å²) in [5.74, 6) is 0.865. The van der Waals surface area contributed by atoms with Crippen LogP contribution in [-0.2, 0) is 65.4 Å². The Kier molecular flexibility index (Phi) is 62.2. The van der Waals surface area contributed by atoms with E-state index in [4.69, 9.17) is 37.0 Å². The van der Waals surface area contributed by atoms with Gasteiger partial charge in [0.1, 0.15) is 19.3 Å². The van der Waals surface area contributed by atoms with Crippen LogP contribution in [-0.4, -0.2) is 96.7 Å². The van der Waals surface area contributed by atoms with Crippen molar-refractivity contribution in [2.45, 2.75) is 388 Å². The van der Waals surface area contributed by atoms with Crippen LogP contribution in [0.25, 0.3) is 0 Å². The zero-order valence-corrected chi connectivity index (χ0v) is 62.7. The number of aliphatic hydroxyl groups is 1. The fourth-order valence-electron chi connectivity index (χ4n) is 11.2. The maximum Gasteiger partial charge on any atom is 0.472 e. The first kappa shape index (κ1) is 91.1. The molecule has 0 spiro atoms. The van der Waals surface area contributed by atoms with Gasteiger partial charge in [-0.3, -0.25) is 37.3 Å². The smallest absolute Gasteiger partial charge is 0.462 e. The molecule has 0 rings (SSSR count). The summed E-state index contributed by atoms with van der Waals surface area (Å²) >= 11 is 0. The fraction of sp³-hybridized carbons (Fsp3) is 0.946. The van der Waals surface area contributed by atoms with Crippen LogP contribution in [0.1, 0.15) is 370 Å². The van der Waals surface area contributed by atoms with Gasteiger partial charge in [0.05, 0.1) is 26.4 Å². The van der Waals surface area contributed by atoms with Crippen LogP contribution < -0.4 is 0 Å². The van der Waals surface area contributed by atoms with Gasteiger partial charge in [-0.15, -0.1) is 0 Å². The number of ether oxygens (including phenoxy) is 4. The van der Waals surface area contributed by atoms with Gasteiger partial charge < -0.3 is 33.8 Å². The summed E-state index contributed by atoms with van der Waals surface area (Å²) in [7, 11) is -9.91. The molecule has 17 nitrogen and oxygen atoms in total. The van der Waals surface area contributed by atoms with Gasteiger partial charge in [-0.05, 0) is 49.4 Å². The molecule has 552 valence electrons. The van der Waals surface area contributed by atoms with E-state index in [1.165, 1.54) is 167 Å². The number of hydrogen-bond donors (Lipinski definition) is 3. The second-order valence-corrected chi connectivity index (χ2v) is 31.3. The average Bonchev–Trinajstić information content (AvgIpc) is 3.04. The minimum atomic E-state index is -4.95. The van der Waals surface area contributed by atoms with E-state index < -0.39 is 97.5 Å². The highest BCUT2D eigenvalue weighted by Gasteiger charge is 2.30. The molecule has 0 aliphatic rings. The molecule has 0 aliphatic carbocycles. The molecule has 0 amide bonds. The second-order valence-electron chi connectivity index (χ2n) is 28.4. The van der Waals surface area contributed by atoms with Crippen LogP contribution in [0, 0.1) is 23.7 Å². The predicted molar refractivity (Wildman–Crippen MR) is 377 cm³/mol. The molecule has 0 aromatic heterocycles. The summed E-state index contributed by atoms with van der Waals surface area (Å²) < 4.78 is 68.4. The third kappa shape index (κ3) is 67.0. The van der Waals surface area contributed by atoms with Gasteiger partial charge in [-0.1, -0.05) is 319 Å². The zero-order valence-electron chi connectivity index (χ0n) is 60.9. The van der Waals surface area contributed by atoms with Gasteiger partial charge in [0, 0.05) is 25.7 Å². The maximum atomic E-state index is 13.0. The van der Waals surface area contributed by atoms with Crippen molar-refractivity contribution in [3.8, 4) is 0 Å². The Balaban J connectivity index is 5.18. The van der Waals surface area contributed by atoms with Gasteiger partial charge in [0.2, 0.25) is 0 Å². The quantitative estimate of drug-likeness (QED) is 0.0222. The SMILES string of the molecule is CCC(C)CCCCCCCCC(=O)O[C@H](COC(=O)CCCCCCCCCCCCCCCC(C)C)COP(=O)(O)OCC(O)COP(=O)(O)OC[C@@H](COC(=O)CCCCCCCCC(C)C)OC(=O)CCCCCCCCCCCCCCCCCC(C)C. The number of rotatable bonds is 71. The number of hydrogen-bond acceptors (Lipinski definition) is 15. The average molecular weight is 1370 g/mol. The minimum absolute atomic E-state index is 0.103. The molecule has 0 radical (unpaired) electrons. The fourth-order valence-corrected chi connectivity index (χ4v) is 12.7. The standard InChI is InChI=1S/C74H144O17P2/c1-9-67(8)53-45-37-31-33-41-49-57-74(79)91-70(60-84-71(76)54-46-38-28-24-20-17-13-15-19-23-27-35-43-51-65(4)5)63-89-93(82,83)87-59-68(75)58-86-92(80,81)88-62-69(61-85-72(77)55-47-39-32-30-36-44-52-66(6)7)90-73(78)56-48-40-29-25-21-16-12-10-11-14-18-22-26-34-42-50-64(2)3/h64-70,75H,9-63H2,1-8H3,(H,80,81)(H,82,83)/t67?,68?,69-,70-/m1/s1. The number of esters is 4. The summed E-state index contributed by atoms with van der Waals surface area (Å²) in [5, 5.41) is 10.6. The Morgan fingerprint density at radius 1 is 0.301 bits per heavy atom. The van der Waals surface area contributed by atoms with E-state index >= 15 is 0 Å². The van der Waals surface area contributed by atoms with Gasteiger partial charge in [-0.2, -0.15) is 0 Å². The van der Waals surface area contributed by atoms with Crippen molar-refractivity contribution in [2.75, 3.05) is 39.6 Å². The number of carbonyl (C=O) groups is 4. The van der Waals surface area contributed by atoms with Crippen LogP contribution in [0.3, 0.4) is 0 Å². The van der Waals surface area contributed by atoms with E-state index in [0.29, 0.717) is 31.6 Å². The molecular weight excluding hydrogens is 1220 g/mol. The number of phosphoric acid groups is 2. The van der Waals surface area contributed by atoms with Crippen LogP contribution >= 0.6 is 15.6 Å². The van der Waals surface area contributed by atoms with Gasteiger partial charge in [0.15, 0.2) is 12.2 Å².